The maximum absolute atomic E-state index is 6.07. The van der Waals surface area contributed by atoms with E-state index in [9.17, 15) is 0 Å². The van der Waals surface area contributed by atoms with Gasteiger partial charge < -0.3 is 9.30 Å². The zero-order chi connectivity index (χ0) is 61.6. The Labute approximate surface area is 544 Å². The van der Waals surface area contributed by atoms with Crippen molar-refractivity contribution in [3.8, 4) is 101 Å². The van der Waals surface area contributed by atoms with Crippen LogP contribution in [-0.4, -0.2) is 19.4 Å². The molecule has 16 aromatic rings. The van der Waals surface area contributed by atoms with Gasteiger partial charge in [-0.05, 0) is 161 Å². The van der Waals surface area contributed by atoms with Gasteiger partial charge >= 0.3 is 0 Å². The highest BCUT2D eigenvalue weighted by Crippen LogP contribution is 2.65. The minimum absolute atomic E-state index is 0.518. The lowest BCUT2D eigenvalue weighted by Crippen LogP contribution is -2.25. The van der Waals surface area contributed by atoms with Gasteiger partial charge in [-0.15, -0.1) is 0 Å². The topological polar surface area (TPSA) is 46.3 Å². The number of hydrogen-bond donors (Lipinski definition) is 0. The molecule has 2 spiro atoms. The first-order chi connectivity index (χ1) is 46.6. The molecule has 0 N–H and O–H groups in total. The second-order valence-corrected chi connectivity index (χ2v) is 25.3. The number of pyridine rings is 1. The molecule has 4 aliphatic carbocycles. The van der Waals surface area contributed by atoms with Crippen LogP contribution < -0.4 is 4.90 Å². The molecule has 94 heavy (non-hydrogen) atoms. The second-order valence-electron chi connectivity index (χ2n) is 25.3. The Bertz CT molecular complexity index is 5650. The second kappa shape index (κ2) is 20.1. The Morgan fingerprint density at radius 1 is 0.245 bits per heavy atom. The van der Waals surface area contributed by atoms with Gasteiger partial charge in [0, 0.05) is 57.3 Å². The highest BCUT2D eigenvalue weighted by Gasteiger charge is 2.53. The number of imidazole rings is 1. The van der Waals surface area contributed by atoms with Gasteiger partial charge in [0.2, 0.25) is 0 Å². The van der Waals surface area contributed by atoms with Gasteiger partial charge in [0.25, 0.3) is 0 Å². The van der Waals surface area contributed by atoms with Crippen LogP contribution in [-0.2, 0) is 10.8 Å². The molecule has 13 aromatic carbocycles. The van der Waals surface area contributed by atoms with Gasteiger partial charge in [-0.2, -0.15) is 0 Å². The highest BCUT2D eigenvalue weighted by atomic mass is 15.1. The molecule has 0 aliphatic heterocycles. The summed E-state index contributed by atoms with van der Waals surface area (Å²) in [7, 11) is 0. The lowest BCUT2D eigenvalue weighted by molar-refractivity contribution is 0.794. The van der Waals surface area contributed by atoms with Crippen LogP contribution in [0.15, 0.2) is 334 Å². The largest absolute Gasteiger partial charge is 0.311 e. The summed E-state index contributed by atoms with van der Waals surface area (Å²) in [6.45, 7) is 0. The maximum Gasteiger partial charge on any atom is 0.137 e. The standard InChI is InChI=1S/C89H55N5/c1-3-21-57(22-4-1)84-85(58-40-46-63(47-41-58)94(61-23-5-2-6-24-61)62-44-38-56(39-45-62)82-55-93-52-20-19-37-83(93)90-82)92-87-65(60-43-49-73-71-30-12-18-36-79(71)89(81(73)54-60)76-33-15-9-27-68(76)69-28-10-16-34-77(69)89)51-50-64(86(87)91-84)59-42-48-72-70-29-11-17-35-78(70)88(80(72)53-59)74-31-13-7-25-66(74)67-26-8-14-32-75(67)88/h1-55H. The minimum Gasteiger partial charge on any atom is -0.311 e. The molecule has 436 valence electrons. The van der Waals surface area contributed by atoms with Crippen molar-refractivity contribution in [3.63, 3.8) is 0 Å². The summed E-state index contributed by atoms with van der Waals surface area (Å²) in [5.41, 5.74) is 35.0. The monoisotopic (exact) mass is 1190 g/mol. The van der Waals surface area contributed by atoms with E-state index in [1.54, 1.807) is 0 Å². The summed E-state index contributed by atoms with van der Waals surface area (Å²) in [4.78, 5) is 19.4. The molecule has 0 radical (unpaired) electrons. The third kappa shape index (κ3) is 7.32. The number of aromatic nitrogens is 4. The van der Waals surface area contributed by atoms with Gasteiger partial charge in [0.1, 0.15) is 5.65 Å². The van der Waals surface area contributed by atoms with Crippen molar-refractivity contribution in [1.29, 1.82) is 0 Å². The molecule has 0 unspecified atom stereocenters. The Morgan fingerprint density at radius 2 is 0.574 bits per heavy atom. The SMILES string of the molecule is c1ccc(-c2nc3c(-c4ccc5c(c4)C4(c6ccccc6-c6ccccc64)c4ccccc4-5)ccc(-c4ccc5c(c4)C4(c6ccccc6-c6ccccc64)c4ccccc4-5)c3nc2-c2ccc(N(c3ccccc3)c3ccc(-c4cn5ccccc5n4)cc3)cc2)cc1. The van der Waals surface area contributed by atoms with Crippen LogP contribution in [0.2, 0.25) is 0 Å². The normalized spacial score (nSPS) is 13.5. The smallest absolute Gasteiger partial charge is 0.137 e. The van der Waals surface area contributed by atoms with Gasteiger partial charge in [-0.3, -0.25) is 0 Å². The Hall–Kier alpha value is -12.3. The third-order valence-electron chi connectivity index (χ3n) is 20.7. The van der Waals surface area contributed by atoms with E-state index in [1.165, 1.54) is 89.0 Å². The lowest BCUT2D eigenvalue weighted by Gasteiger charge is -2.31. The first-order valence-electron chi connectivity index (χ1n) is 32.4. The molecule has 4 aliphatic rings. The van der Waals surface area contributed by atoms with Gasteiger partial charge in [0.05, 0.1) is 38.9 Å². The predicted molar refractivity (Wildman–Crippen MR) is 383 cm³/mol. The van der Waals surface area contributed by atoms with E-state index in [2.05, 4.69) is 319 Å². The van der Waals surface area contributed by atoms with Gasteiger partial charge in [0.15, 0.2) is 0 Å². The van der Waals surface area contributed by atoms with Gasteiger partial charge in [-0.25, -0.2) is 15.0 Å². The molecular weight excluding hydrogens is 1140 g/mol. The molecule has 0 saturated carbocycles. The molecule has 3 aromatic heterocycles. The molecule has 20 rings (SSSR count). The molecule has 5 heteroatoms. The predicted octanol–water partition coefficient (Wildman–Crippen LogP) is 21.8. The quantitative estimate of drug-likeness (QED) is 0.152. The summed E-state index contributed by atoms with van der Waals surface area (Å²) >= 11 is 0. The molecule has 0 amide bonds. The average molecular weight is 1190 g/mol. The van der Waals surface area contributed by atoms with Crippen LogP contribution in [0.5, 0.6) is 0 Å². The third-order valence-corrected chi connectivity index (χ3v) is 20.7. The summed E-state index contributed by atoms with van der Waals surface area (Å²) < 4.78 is 2.07. The summed E-state index contributed by atoms with van der Waals surface area (Å²) in [5.74, 6) is 0. The number of para-hydroxylation sites is 1. The fraction of sp³-hybridized carbons (Fsp3) is 0.0225. The van der Waals surface area contributed by atoms with E-state index < -0.39 is 10.8 Å². The van der Waals surface area contributed by atoms with Crippen LogP contribution in [0.4, 0.5) is 17.1 Å². The lowest BCUT2D eigenvalue weighted by atomic mass is 9.70. The number of rotatable bonds is 8. The van der Waals surface area contributed by atoms with E-state index in [0.29, 0.717) is 0 Å². The number of nitrogens with zero attached hydrogens (tertiary/aromatic N) is 5. The Morgan fingerprint density at radius 3 is 1.00 bits per heavy atom. The number of fused-ring (bicyclic) bond motifs is 22. The molecule has 0 fully saturated rings. The van der Waals surface area contributed by atoms with Crippen LogP contribution in [0, 0.1) is 0 Å². The molecule has 5 nitrogen and oxygen atoms in total. The van der Waals surface area contributed by atoms with Crippen molar-refractivity contribution < 1.29 is 0 Å². The first kappa shape index (κ1) is 52.5. The zero-order valence-corrected chi connectivity index (χ0v) is 51.0. The summed E-state index contributed by atoms with van der Waals surface area (Å²) in [5, 5.41) is 0. The van der Waals surface area contributed by atoms with E-state index in [0.717, 1.165) is 89.8 Å². The molecular formula is C89H55N5. The van der Waals surface area contributed by atoms with E-state index in [4.69, 9.17) is 15.0 Å². The van der Waals surface area contributed by atoms with Crippen molar-refractivity contribution in [2.75, 3.05) is 4.90 Å². The van der Waals surface area contributed by atoms with Crippen molar-refractivity contribution in [1.82, 2.24) is 19.4 Å². The molecule has 0 saturated heterocycles. The van der Waals surface area contributed by atoms with E-state index >= 15 is 0 Å². The Balaban J connectivity index is 0.805. The molecule has 0 atom stereocenters. The minimum atomic E-state index is -0.524. The fourth-order valence-corrected chi connectivity index (χ4v) is 16.8. The average Bonchev–Trinajstić information content (AvgIpc) is 1.55. The van der Waals surface area contributed by atoms with Crippen molar-refractivity contribution in [2.24, 2.45) is 0 Å². The maximum atomic E-state index is 6.07. The first-order valence-corrected chi connectivity index (χ1v) is 32.4. The van der Waals surface area contributed by atoms with Crippen LogP contribution in [0.25, 0.3) is 117 Å². The van der Waals surface area contributed by atoms with E-state index in [1.807, 2.05) is 24.4 Å². The van der Waals surface area contributed by atoms with Crippen molar-refractivity contribution in [2.45, 2.75) is 10.8 Å². The number of hydrogen-bond acceptors (Lipinski definition) is 4. The summed E-state index contributed by atoms with van der Waals surface area (Å²) in [6, 6.07) is 118. The Kier molecular flexibility index (Phi) is 11.2. The van der Waals surface area contributed by atoms with Crippen LogP contribution in [0.1, 0.15) is 44.5 Å². The van der Waals surface area contributed by atoms with Crippen LogP contribution in [0.3, 0.4) is 0 Å². The fourth-order valence-electron chi connectivity index (χ4n) is 16.8. The van der Waals surface area contributed by atoms with Crippen molar-refractivity contribution in [3.05, 3.63) is 378 Å². The summed E-state index contributed by atoms with van der Waals surface area (Å²) in [6.07, 6.45) is 4.13. The molecule has 0 bridgehead atoms. The van der Waals surface area contributed by atoms with Crippen molar-refractivity contribution >= 4 is 33.7 Å². The van der Waals surface area contributed by atoms with E-state index in [-0.39, 0.29) is 0 Å². The molecule has 3 heterocycles. The highest BCUT2D eigenvalue weighted by molar-refractivity contribution is 6.06. The van der Waals surface area contributed by atoms with Gasteiger partial charge in [-0.1, -0.05) is 261 Å². The number of anilines is 3. The number of benzene rings is 13. The van der Waals surface area contributed by atoms with Crippen LogP contribution >= 0.6 is 0 Å². The zero-order valence-electron chi connectivity index (χ0n) is 51.0.